The average molecular weight is 491 g/mol. The van der Waals surface area contributed by atoms with E-state index in [0.717, 1.165) is 52.3 Å². The molecular formula is C27H30N4O3S. The number of nitrogens with zero attached hydrogens (tertiary/aromatic N) is 3. The lowest BCUT2D eigenvalue weighted by Crippen LogP contribution is -2.23. The van der Waals surface area contributed by atoms with Gasteiger partial charge in [-0.3, -0.25) is 5.14 Å². The monoisotopic (exact) mass is 490 g/mol. The summed E-state index contributed by atoms with van der Waals surface area (Å²) >= 11 is 0. The van der Waals surface area contributed by atoms with Gasteiger partial charge in [0.25, 0.3) is 0 Å². The van der Waals surface area contributed by atoms with Crippen LogP contribution in [0.2, 0.25) is 0 Å². The normalized spacial score (nSPS) is 18.6. The van der Waals surface area contributed by atoms with Crippen LogP contribution in [0, 0.1) is 0 Å². The van der Waals surface area contributed by atoms with E-state index in [4.69, 9.17) is 14.6 Å². The van der Waals surface area contributed by atoms with Crippen molar-refractivity contribution in [1.29, 1.82) is 0 Å². The Labute approximate surface area is 207 Å². The number of para-hydroxylation sites is 1. The molecule has 1 aliphatic heterocycles. The van der Waals surface area contributed by atoms with E-state index in [1.54, 1.807) is 0 Å². The molecule has 1 saturated heterocycles. The molecule has 0 saturated carbocycles. The number of aliphatic hydroxyl groups excluding tert-OH is 1. The summed E-state index contributed by atoms with van der Waals surface area (Å²) < 4.78 is 17.7. The molecule has 182 valence electrons. The third kappa shape index (κ3) is 5.15. The highest BCUT2D eigenvalue weighted by molar-refractivity contribution is 7.83. The van der Waals surface area contributed by atoms with E-state index in [1.165, 1.54) is 0 Å². The van der Waals surface area contributed by atoms with Gasteiger partial charge in [0.2, 0.25) is 0 Å². The fraction of sp³-hybridized carbons (Fsp3) is 0.333. The van der Waals surface area contributed by atoms with Crippen LogP contribution in [-0.2, 0) is 17.4 Å². The summed E-state index contributed by atoms with van der Waals surface area (Å²) in [6.45, 7) is 3.32. The van der Waals surface area contributed by atoms with E-state index in [0.29, 0.717) is 19.4 Å². The molecule has 3 N–H and O–H groups in total. The van der Waals surface area contributed by atoms with Gasteiger partial charge in [0.15, 0.2) is 5.58 Å². The standard InChI is InChI=1S/C27H30N4O3S/c1-18(35(28)33)15-19(16-20-7-6-12-26(29-20)31-14-13-21(32)17-31)22-8-2-3-9-23(22)27-24-10-4-5-11-25(24)34-30-27/h2-12,18-19,21,32H,13-17,28H2,1H3/t18?,19-,21-,35?/m1/s1. The van der Waals surface area contributed by atoms with Gasteiger partial charge in [-0.2, -0.15) is 0 Å². The van der Waals surface area contributed by atoms with E-state index in [-0.39, 0.29) is 17.3 Å². The molecule has 0 radical (unpaired) electrons. The lowest BCUT2D eigenvalue weighted by Gasteiger charge is -2.23. The van der Waals surface area contributed by atoms with Crippen molar-refractivity contribution in [2.45, 2.75) is 43.5 Å². The molecule has 4 atom stereocenters. The van der Waals surface area contributed by atoms with Gasteiger partial charge in [0, 0.05) is 35.0 Å². The summed E-state index contributed by atoms with van der Waals surface area (Å²) in [6.07, 6.45) is 1.76. The Morgan fingerprint density at radius 3 is 2.74 bits per heavy atom. The third-order valence-corrected chi connectivity index (χ3v) is 7.77. The van der Waals surface area contributed by atoms with Crippen LogP contribution in [-0.4, -0.2) is 43.9 Å². The maximum atomic E-state index is 12.1. The fourth-order valence-corrected chi connectivity index (χ4v) is 5.35. The van der Waals surface area contributed by atoms with Crippen molar-refractivity contribution in [2.75, 3.05) is 18.0 Å². The van der Waals surface area contributed by atoms with Crippen LogP contribution in [0.25, 0.3) is 22.2 Å². The largest absolute Gasteiger partial charge is 0.391 e. The Kier molecular flexibility index (Phi) is 6.95. The van der Waals surface area contributed by atoms with Gasteiger partial charge in [-0.05, 0) is 61.9 Å². The quantitative estimate of drug-likeness (QED) is 0.384. The first-order valence-electron chi connectivity index (χ1n) is 12.0. The van der Waals surface area contributed by atoms with Crippen LogP contribution in [0.1, 0.15) is 36.9 Å². The van der Waals surface area contributed by atoms with Crippen molar-refractivity contribution >= 4 is 27.8 Å². The van der Waals surface area contributed by atoms with Gasteiger partial charge in [-0.15, -0.1) is 0 Å². The molecule has 0 aliphatic carbocycles. The zero-order chi connectivity index (χ0) is 24.4. The number of nitrogens with two attached hydrogens (primary N) is 1. The van der Waals surface area contributed by atoms with Crippen molar-refractivity contribution in [3.63, 3.8) is 0 Å². The number of anilines is 1. The first-order valence-corrected chi connectivity index (χ1v) is 13.2. The SMILES string of the molecule is CC(C[C@H](Cc1cccc(N2CC[C@@H](O)C2)n1)c1ccccc1-c1noc2ccccc12)S(N)=O. The number of fused-ring (bicyclic) bond motifs is 1. The zero-order valence-electron chi connectivity index (χ0n) is 19.7. The fourth-order valence-electron chi connectivity index (χ4n) is 4.92. The lowest BCUT2D eigenvalue weighted by atomic mass is 9.85. The summed E-state index contributed by atoms with van der Waals surface area (Å²) in [6, 6.07) is 22.1. The molecule has 2 unspecified atom stereocenters. The van der Waals surface area contributed by atoms with Gasteiger partial charge in [0.05, 0.1) is 17.1 Å². The predicted molar refractivity (Wildman–Crippen MR) is 139 cm³/mol. The van der Waals surface area contributed by atoms with Crippen LogP contribution >= 0.6 is 0 Å². The minimum absolute atomic E-state index is 0.0241. The number of β-amino-alcohol motifs (C(OH)–C–C–N with tert-alkyl or cyclic N) is 1. The van der Waals surface area contributed by atoms with Crippen LogP contribution in [0.15, 0.2) is 71.3 Å². The molecule has 7 nitrogen and oxygen atoms in total. The second-order valence-electron chi connectivity index (χ2n) is 9.27. The van der Waals surface area contributed by atoms with Crippen LogP contribution in [0.4, 0.5) is 5.82 Å². The highest BCUT2D eigenvalue weighted by Gasteiger charge is 2.25. The van der Waals surface area contributed by atoms with Gasteiger partial charge in [-0.25, -0.2) is 9.19 Å². The molecule has 8 heteroatoms. The highest BCUT2D eigenvalue weighted by atomic mass is 32.2. The Balaban J connectivity index is 1.52. The Morgan fingerprint density at radius 1 is 1.14 bits per heavy atom. The summed E-state index contributed by atoms with van der Waals surface area (Å²) in [5.41, 5.74) is 4.59. The van der Waals surface area contributed by atoms with Crippen LogP contribution in [0.5, 0.6) is 0 Å². The molecule has 1 aliphatic rings. The first kappa shape index (κ1) is 23.7. The minimum atomic E-state index is -1.43. The Hall–Kier alpha value is -3.07. The minimum Gasteiger partial charge on any atom is -0.391 e. The number of pyridine rings is 1. The number of hydrogen-bond donors (Lipinski definition) is 2. The average Bonchev–Trinajstić information content (AvgIpc) is 3.50. The molecular weight excluding hydrogens is 460 g/mol. The summed E-state index contributed by atoms with van der Waals surface area (Å²) in [7, 11) is -1.43. The van der Waals surface area contributed by atoms with Crippen molar-refractivity contribution < 1.29 is 13.8 Å². The molecule has 2 aromatic heterocycles. The van der Waals surface area contributed by atoms with Gasteiger partial charge >= 0.3 is 0 Å². The van der Waals surface area contributed by atoms with Crippen molar-refractivity contribution in [2.24, 2.45) is 5.14 Å². The molecule has 4 aromatic rings. The van der Waals surface area contributed by atoms with E-state index < -0.39 is 11.0 Å². The van der Waals surface area contributed by atoms with E-state index in [9.17, 15) is 9.32 Å². The summed E-state index contributed by atoms with van der Waals surface area (Å²) in [5, 5.41) is 20.9. The van der Waals surface area contributed by atoms with E-state index >= 15 is 0 Å². The maximum absolute atomic E-state index is 12.1. The predicted octanol–water partition coefficient (Wildman–Crippen LogP) is 4.19. The second kappa shape index (κ2) is 10.3. The lowest BCUT2D eigenvalue weighted by molar-refractivity contribution is 0.198. The molecule has 0 bridgehead atoms. The molecule has 0 amide bonds. The molecule has 0 spiro atoms. The molecule has 35 heavy (non-hydrogen) atoms. The first-order chi connectivity index (χ1) is 17.0. The third-order valence-electron chi connectivity index (χ3n) is 6.78. The van der Waals surface area contributed by atoms with Crippen molar-refractivity contribution in [3.05, 3.63) is 78.0 Å². The number of benzene rings is 2. The highest BCUT2D eigenvalue weighted by Crippen LogP contribution is 2.37. The topological polar surface area (TPSA) is 105 Å². The Morgan fingerprint density at radius 2 is 1.94 bits per heavy atom. The molecule has 1 fully saturated rings. The van der Waals surface area contributed by atoms with E-state index in [1.807, 2.05) is 61.5 Å². The smallest absolute Gasteiger partial charge is 0.167 e. The Bertz CT molecular complexity index is 1340. The molecule has 2 aromatic carbocycles. The maximum Gasteiger partial charge on any atom is 0.167 e. The second-order valence-corrected chi connectivity index (χ2v) is 10.7. The van der Waals surface area contributed by atoms with Crippen LogP contribution in [0.3, 0.4) is 0 Å². The number of aliphatic hydroxyl groups is 1. The summed E-state index contributed by atoms with van der Waals surface area (Å²) in [4.78, 5) is 7.04. The van der Waals surface area contributed by atoms with Crippen molar-refractivity contribution in [3.8, 4) is 11.3 Å². The van der Waals surface area contributed by atoms with Crippen LogP contribution < -0.4 is 10.0 Å². The summed E-state index contributed by atoms with van der Waals surface area (Å²) in [5.74, 6) is 0.903. The molecule has 3 heterocycles. The van der Waals surface area contributed by atoms with Gasteiger partial charge < -0.3 is 14.5 Å². The zero-order valence-corrected chi connectivity index (χ0v) is 20.5. The number of aromatic nitrogens is 2. The number of hydrogen-bond acceptors (Lipinski definition) is 6. The molecule has 5 rings (SSSR count). The number of rotatable bonds is 8. The van der Waals surface area contributed by atoms with Gasteiger partial charge in [0.1, 0.15) is 11.5 Å². The van der Waals surface area contributed by atoms with Crippen molar-refractivity contribution in [1.82, 2.24) is 10.1 Å². The van der Waals surface area contributed by atoms with E-state index in [2.05, 4.69) is 22.2 Å². The van der Waals surface area contributed by atoms with Gasteiger partial charge in [-0.1, -0.05) is 47.6 Å².